The molecule has 7 nitrogen and oxygen atoms in total. The zero-order chi connectivity index (χ0) is 19.1. The van der Waals surface area contributed by atoms with Crippen molar-refractivity contribution in [2.75, 3.05) is 0 Å². The first-order chi connectivity index (χ1) is 12.3. The van der Waals surface area contributed by atoms with E-state index in [2.05, 4.69) is 0 Å². The molecule has 8 heteroatoms. The van der Waals surface area contributed by atoms with Gasteiger partial charge in [0.2, 0.25) is 0 Å². The number of aliphatic hydroxyl groups is 3. The number of phenolic OH excluding ortho intramolecular Hbond substituents is 1. The summed E-state index contributed by atoms with van der Waals surface area (Å²) in [6.07, 6.45) is -1.55. The highest BCUT2D eigenvalue weighted by molar-refractivity contribution is 14.1. The van der Waals surface area contributed by atoms with Crippen molar-refractivity contribution >= 4 is 28.6 Å². The molecule has 1 aromatic rings. The maximum absolute atomic E-state index is 12.0. The average molecular weight is 478 g/mol. The molecule has 0 amide bonds. The van der Waals surface area contributed by atoms with Crippen LogP contribution < -0.4 is 0 Å². The lowest BCUT2D eigenvalue weighted by atomic mass is 9.69. The van der Waals surface area contributed by atoms with Crippen LogP contribution in [0, 0.1) is 0 Å². The summed E-state index contributed by atoms with van der Waals surface area (Å²) in [6.45, 7) is 0. The highest BCUT2D eigenvalue weighted by atomic mass is 127. The zero-order valence-electron chi connectivity index (χ0n) is 14.1. The van der Waals surface area contributed by atoms with Gasteiger partial charge in [-0.3, -0.25) is 4.79 Å². The van der Waals surface area contributed by atoms with E-state index in [1.807, 2.05) is 22.6 Å². The van der Waals surface area contributed by atoms with Gasteiger partial charge in [0.15, 0.2) is 0 Å². The van der Waals surface area contributed by atoms with Gasteiger partial charge in [0.1, 0.15) is 34.3 Å². The summed E-state index contributed by atoms with van der Waals surface area (Å²) in [6, 6.07) is 4.55. The van der Waals surface area contributed by atoms with Crippen molar-refractivity contribution < 1.29 is 35.1 Å². The van der Waals surface area contributed by atoms with E-state index in [9.17, 15) is 30.3 Å². The number of hydrogen-bond donors (Lipinski definition) is 5. The molecular weight excluding hydrogens is 455 g/mol. The van der Waals surface area contributed by atoms with Gasteiger partial charge >= 0.3 is 5.97 Å². The lowest BCUT2D eigenvalue weighted by Crippen LogP contribution is -2.52. The molecule has 2 fully saturated rings. The predicted molar refractivity (Wildman–Crippen MR) is 100 cm³/mol. The summed E-state index contributed by atoms with van der Waals surface area (Å²) in [5.41, 5.74) is -0.255. The van der Waals surface area contributed by atoms with Crippen LogP contribution in [0.1, 0.15) is 49.3 Å². The number of benzene rings is 1. The summed E-state index contributed by atoms with van der Waals surface area (Å²) in [4.78, 5) is 12.0. The fourth-order valence-electron chi connectivity index (χ4n) is 3.96. The molecule has 0 spiro atoms. The van der Waals surface area contributed by atoms with E-state index in [1.54, 1.807) is 12.1 Å². The van der Waals surface area contributed by atoms with Crippen LogP contribution in [0.5, 0.6) is 5.75 Å². The van der Waals surface area contributed by atoms with Crippen molar-refractivity contribution in [3.63, 3.8) is 0 Å². The molecule has 0 radical (unpaired) electrons. The third kappa shape index (κ3) is 3.33. The second kappa shape index (κ2) is 7.59. The van der Waals surface area contributed by atoms with Crippen LogP contribution >= 0.6 is 22.6 Å². The van der Waals surface area contributed by atoms with Crippen LogP contribution in [0.15, 0.2) is 18.2 Å². The Morgan fingerprint density at radius 2 is 1.73 bits per heavy atom. The number of rotatable bonds is 3. The van der Waals surface area contributed by atoms with E-state index in [0.29, 0.717) is 18.4 Å². The Labute approximate surface area is 164 Å². The molecule has 3 rings (SSSR count). The van der Waals surface area contributed by atoms with Crippen LogP contribution in [-0.2, 0) is 14.9 Å². The summed E-state index contributed by atoms with van der Waals surface area (Å²) in [5, 5.41) is 50.3. The van der Waals surface area contributed by atoms with Gasteiger partial charge in [-0.15, -0.1) is 0 Å². The van der Waals surface area contributed by atoms with E-state index in [0.717, 1.165) is 19.3 Å². The maximum Gasteiger partial charge on any atom is 0.314 e. The van der Waals surface area contributed by atoms with Crippen molar-refractivity contribution in [1.29, 1.82) is 0 Å². The van der Waals surface area contributed by atoms with E-state index >= 15 is 0 Å². The molecular formula is C18H23IO7. The van der Waals surface area contributed by atoms with E-state index in [4.69, 9.17) is 4.74 Å². The highest BCUT2D eigenvalue weighted by Crippen LogP contribution is 2.44. The minimum atomic E-state index is -1.44. The lowest BCUT2D eigenvalue weighted by molar-refractivity contribution is -0.195. The number of carboxylic acids is 1. The van der Waals surface area contributed by atoms with Gasteiger partial charge in [0.05, 0.1) is 5.41 Å². The lowest BCUT2D eigenvalue weighted by Gasteiger charge is -2.39. The second-order valence-corrected chi connectivity index (χ2v) is 8.33. The van der Waals surface area contributed by atoms with Gasteiger partial charge < -0.3 is 30.3 Å². The molecule has 144 valence electrons. The summed E-state index contributed by atoms with van der Waals surface area (Å²) >= 11 is 1.81. The first kappa shape index (κ1) is 19.8. The van der Waals surface area contributed by atoms with Crippen LogP contribution in [0.25, 0.3) is 0 Å². The molecule has 5 unspecified atom stereocenters. The summed E-state index contributed by atoms with van der Waals surface area (Å²) in [7, 11) is 0. The van der Waals surface area contributed by atoms with Crippen molar-refractivity contribution in [1.82, 2.24) is 0 Å². The first-order valence-corrected chi connectivity index (χ1v) is 9.93. The minimum Gasteiger partial charge on any atom is -0.508 e. The van der Waals surface area contributed by atoms with Crippen LogP contribution in [0.3, 0.4) is 0 Å². The smallest absolute Gasteiger partial charge is 0.314 e. The number of phenols is 1. The summed E-state index contributed by atoms with van der Waals surface area (Å²) < 4.78 is 4.83. The van der Waals surface area contributed by atoms with Gasteiger partial charge in [-0.25, -0.2) is 0 Å². The van der Waals surface area contributed by atoms with Crippen molar-refractivity contribution in [3.05, 3.63) is 29.3 Å². The fraction of sp³-hybridized carbons (Fsp3) is 0.611. The number of carboxylic acid groups (broad SMARTS) is 1. The van der Waals surface area contributed by atoms with Crippen molar-refractivity contribution in [2.24, 2.45) is 0 Å². The summed E-state index contributed by atoms with van der Waals surface area (Å²) in [5.74, 6) is -1.05. The molecule has 1 aliphatic heterocycles. The molecule has 0 aromatic heterocycles. The Bertz CT molecular complexity index is 674. The van der Waals surface area contributed by atoms with Crippen molar-refractivity contribution in [3.8, 4) is 5.75 Å². The Hall–Kier alpha value is -0.940. The first-order valence-electron chi connectivity index (χ1n) is 8.68. The molecule has 1 saturated carbocycles. The Balaban J connectivity index is 2.01. The number of alkyl halides is 1. The number of aliphatic hydroxyl groups excluding tert-OH is 3. The quantitative estimate of drug-likeness (QED) is 0.330. The van der Waals surface area contributed by atoms with E-state index < -0.39 is 39.9 Å². The van der Waals surface area contributed by atoms with Crippen LogP contribution in [0.4, 0.5) is 0 Å². The van der Waals surface area contributed by atoms with Crippen LogP contribution in [0.2, 0.25) is 0 Å². The number of hydrogen-bond acceptors (Lipinski definition) is 6. The van der Waals surface area contributed by atoms with E-state index in [-0.39, 0.29) is 11.3 Å². The largest absolute Gasteiger partial charge is 0.508 e. The molecule has 0 bridgehead atoms. The predicted octanol–water partition coefficient (Wildman–Crippen LogP) is 1.59. The molecule has 1 aromatic carbocycles. The zero-order valence-corrected chi connectivity index (χ0v) is 16.2. The molecule has 5 N–H and O–H groups in total. The van der Waals surface area contributed by atoms with Crippen LogP contribution in [-0.4, -0.2) is 53.9 Å². The highest BCUT2D eigenvalue weighted by Gasteiger charge is 2.46. The number of halogens is 1. The van der Waals surface area contributed by atoms with Gasteiger partial charge in [-0.05, 0) is 53.1 Å². The second-order valence-electron chi connectivity index (χ2n) is 7.10. The fourth-order valence-corrected chi connectivity index (χ4v) is 4.70. The minimum absolute atomic E-state index is 0.152. The number of aliphatic carboxylic acids is 1. The molecule has 26 heavy (non-hydrogen) atoms. The average Bonchev–Trinajstić information content (AvgIpc) is 2.64. The monoisotopic (exact) mass is 478 g/mol. The Morgan fingerprint density at radius 3 is 2.35 bits per heavy atom. The number of aromatic hydroxyl groups is 1. The van der Waals surface area contributed by atoms with Gasteiger partial charge in [0.25, 0.3) is 0 Å². The molecule has 2 aliphatic rings. The normalized spacial score (nSPS) is 34.4. The molecule has 1 saturated heterocycles. The topological polar surface area (TPSA) is 127 Å². The SMILES string of the molecule is O=C(O)C1(c2ccc(O)c(C3OC(I)C(O)C(O)C3O)c2)CCCCC1. The van der Waals surface area contributed by atoms with Gasteiger partial charge in [0, 0.05) is 5.56 Å². The number of carbonyl (C=O) groups is 1. The van der Waals surface area contributed by atoms with Gasteiger partial charge in [-0.2, -0.15) is 0 Å². The standard InChI is InChI=1S/C18H23IO7/c19-16-14(23)12(21)13(22)15(26-16)10-8-9(4-5-11(10)20)18(17(24)25)6-2-1-3-7-18/h4-5,8,12-16,20-23H,1-3,6-7H2,(H,24,25). The van der Waals surface area contributed by atoms with Gasteiger partial charge in [-0.1, -0.05) is 25.3 Å². The third-order valence-electron chi connectivity index (χ3n) is 5.56. The molecule has 1 heterocycles. The molecule has 1 aliphatic carbocycles. The maximum atomic E-state index is 12.0. The molecule has 5 atom stereocenters. The van der Waals surface area contributed by atoms with Crippen molar-refractivity contribution in [2.45, 2.75) is 66.0 Å². The third-order valence-corrected chi connectivity index (χ3v) is 6.59. The number of ether oxygens (including phenoxy) is 1. The Kier molecular flexibility index (Phi) is 5.78. The Morgan fingerprint density at radius 1 is 1.08 bits per heavy atom. The van der Waals surface area contributed by atoms with E-state index in [1.165, 1.54) is 6.07 Å².